The molecule has 0 bridgehead atoms. The number of nitrogens with one attached hydrogen (secondary N) is 1. The second kappa shape index (κ2) is 9.76. The lowest BCUT2D eigenvalue weighted by molar-refractivity contribution is 0.215. The Kier molecular flexibility index (Phi) is 9.70. The topological polar surface area (TPSA) is 18.5 Å². The predicted octanol–water partition coefficient (Wildman–Crippen LogP) is 2.14. The lowest BCUT2D eigenvalue weighted by Crippen LogP contribution is -2.41. The third kappa shape index (κ3) is 9.86. The number of hydrogen-bond acceptors (Lipinski definition) is 3. The number of nitrogens with zero attached hydrogens (tertiary/aromatic N) is 2. The van der Waals surface area contributed by atoms with Crippen molar-refractivity contribution in [1.29, 1.82) is 0 Å². The van der Waals surface area contributed by atoms with Gasteiger partial charge in [-0.2, -0.15) is 0 Å². The van der Waals surface area contributed by atoms with Crippen molar-refractivity contribution in [3.05, 3.63) is 0 Å². The third-order valence-electron chi connectivity index (χ3n) is 3.38. The van der Waals surface area contributed by atoms with Crippen molar-refractivity contribution in [2.75, 3.05) is 46.8 Å². The first-order chi connectivity index (χ1) is 8.32. The molecule has 0 aromatic carbocycles. The summed E-state index contributed by atoms with van der Waals surface area (Å²) in [5, 5.41) is 3.62. The summed E-state index contributed by atoms with van der Waals surface area (Å²) in [5.74, 6) is 1.46. The van der Waals surface area contributed by atoms with Crippen LogP contribution in [0.4, 0.5) is 0 Å². The number of hydrogen-bond donors (Lipinski definition) is 1. The second-order valence-electron chi connectivity index (χ2n) is 6.48. The molecule has 0 fully saturated rings. The molecule has 3 nitrogen and oxygen atoms in total. The lowest BCUT2D eigenvalue weighted by atomic mass is 10.1. The molecule has 3 heteroatoms. The highest BCUT2D eigenvalue weighted by atomic mass is 15.2. The van der Waals surface area contributed by atoms with Gasteiger partial charge in [0.2, 0.25) is 0 Å². The van der Waals surface area contributed by atoms with Gasteiger partial charge in [-0.15, -0.1) is 0 Å². The van der Waals surface area contributed by atoms with Crippen LogP contribution in [-0.2, 0) is 0 Å². The summed E-state index contributed by atoms with van der Waals surface area (Å²) in [4.78, 5) is 4.84. The fourth-order valence-electron chi connectivity index (χ4n) is 1.84. The van der Waals surface area contributed by atoms with Gasteiger partial charge in [0.15, 0.2) is 0 Å². The molecule has 1 N–H and O–H groups in total. The van der Waals surface area contributed by atoms with E-state index >= 15 is 0 Å². The van der Waals surface area contributed by atoms with E-state index in [4.69, 9.17) is 0 Å². The van der Waals surface area contributed by atoms with E-state index in [1.807, 2.05) is 0 Å². The molecule has 0 radical (unpaired) electrons. The molecule has 1 unspecified atom stereocenters. The highest BCUT2D eigenvalue weighted by Gasteiger charge is 2.09. The summed E-state index contributed by atoms with van der Waals surface area (Å²) in [6.07, 6.45) is 0. The molecule has 0 saturated heterocycles. The van der Waals surface area contributed by atoms with Crippen LogP contribution >= 0.6 is 0 Å². The fourth-order valence-corrected chi connectivity index (χ4v) is 1.84. The van der Waals surface area contributed by atoms with Gasteiger partial charge in [-0.25, -0.2) is 0 Å². The highest BCUT2D eigenvalue weighted by molar-refractivity contribution is 4.68. The number of likely N-dealkylation sites (N-methyl/N-ethyl adjacent to an activating group) is 1. The minimum Gasteiger partial charge on any atom is -0.313 e. The van der Waals surface area contributed by atoms with Gasteiger partial charge in [0.25, 0.3) is 0 Å². The number of rotatable bonds is 10. The van der Waals surface area contributed by atoms with Gasteiger partial charge < -0.3 is 15.1 Å². The smallest absolute Gasteiger partial charge is 0.0110 e. The Morgan fingerprint density at radius 2 is 1.50 bits per heavy atom. The summed E-state index contributed by atoms with van der Waals surface area (Å²) in [6.45, 7) is 17.2. The largest absolute Gasteiger partial charge is 0.313 e. The molecule has 0 aliphatic heterocycles. The summed E-state index contributed by atoms with van der Waals surface area (Å²) in [7, 11) is 4.29. The van der Waals surface area contributed by atoms with Gasteiger partial charge in [0.1, 0.15) is 0 Å². The fraction of sp³-hybridized carbons (Fsp3) is 1.00. The predicted molar refractivity (Wildman–Crippen MR) is 82.1 cm³/mol. The van der Waals surface area contributed by atoms with Gasteiger partial charge in [-0.05, 0) is 32.9 Å². The zero-order valence-electron chi connectivity index (χ0n) is 13.7. The van der Waals surface area contributed by atoms with Crippen LogP contribution in [-0.4, -0.2) is 62.7 Å². The van der Waals surface area contributed by atoms with Crippen molar-refractivity contribution >= 4 is 0 Å². The maximum Gasteiger partial charge on any atom is 0.0110 e. The minimum absolute atomic E-state index is 0.611. The van der Waals surface area contributed by atoms with Crippen LogP contribution in [0.15, 0.2) is 0 Å². The first-order valence-corrected chi connectivity index (χ1v) is 7.43. The Balaban J connectivity index is 3.92. The van der Waals surface area contributed by atoms with Gasteiger partial charge in [0, 0.05) is 38.8 Å². The van der Waals surface area contributed by atoms with E-state index in [1.165, 1.54) is 13.1 Å². The third-order valence-corrected chi connectivity index (χ3v) is 3.38. The average molecular weight is 257 g/mol. The Labute approximate surface area is 115 Å². The zero-order chi connectivity index (χ0) is 14.1. The van der Waals surface area contributed by atoms with E-state index in [9.17, 15) is 0 Å². The van der Waals surface area contributed by atoms with Crippen LogP contribution in [0.1, 0.15) is 34.6 Å². The van der Waals surface area contributed by atoms with E-state index in [-0.39, 0.29) is 0 Å². The standard InChI is InChI=1S/C15H35N3/c1-13(2)12-18(11-10-17(6)7)9-8-16-15(5)14(3)4/h13-16H,8-12H2,1-7H3. The molecule has 0 aliphatic carbocycles. The summed E-state index contributed by atoms with van der Waals surface area (Å²) in [6, 6.07) is 0.611. The van der Waals surface area contributed by atoms with Crippen LogP contribution in [0.5, 0.6) is 0 Å². The molecular formula is C15H35N3. The molecule has 0 spiro atoms. The van der Waals surface area contributed by atoms with Crippen LogP contribution in [0, 0.1) is 11.8 Å². The van der Waals surface area contributed by atoms with Crippen LogP contribution < -0.4 is 5.32 Å². The minimum atomic E-state index is 0.611. The van der Waals surface area contributed by atoms with E-state index in [1.54, 1.807) is 0 Å². The van der Waals surface area contributed by atoms with Crippen molar-refractivity contribution in [2.45, 2.75) is 40.7 Å². The molecular weight excluding hydrogens is 222 g/mol. The molecule has 0 heterocycles. The van der Waals surface area contributed by atoms with Gasteiger partial charge in [-0.3, -0.25) is 0 Å². The van der Waals surface area contributed by atoms with Gasteiger partial charge in [-0.1, -0.05) is 27.7 Å². The molecule has 110 valence electrons. The first-order valence-electron chi connectivity index (χ1n) is 7.43. The Bertz CT molecular complexity index is 190. The lowest BCUT2D eigenvalue weighted by Gasteiger charge is -2.27. The molecule has 0 saturated carbocycles. The van der Waals surface area contributed by atoms with Gasteiger partial charge >= 0.3 is 0 Å². The molecule has 0 aliphatic rings. The molecule has 0 aromatic rings. The van der Waals surface area contributed by atoms with E-state index in [0.29, 0.717) is 12.0 Å². The Hall–Kier alpha value is -0.120. The zero-order valence-corrected chi connectivity index (χ0v) is 13.7. The summed E-state index contributed by atoms with van der Waals surface area (Å²) in [5.41, 5.74) is 0. The average Bonchev–Trinajstić information content (AvgIpc) is 2.24. The molecule has 1 atom stereocenters. The first kappa shape index (κ1) is 17.9. The van der Waals surface area contributed by atoms with E-state index in [2.05, 4.69) is 63.8 Å². The molecule has 0 aromatic heterocycles. The maximum absolute atomic E-state index is 3.62. The second-order valence-corrected chi connectivity index (χ2v) is 6.48. The summed E-state index contributed by atoms with van der Waals surface area (Å²) < 4.78 is 0. The van der Waals surface area contributed by atoms with Crippen molar-refractivity contribution in [3.8, 4) is 0 Å². The summed E-state index contributed by atoms with van der Waals surface area (Å²) >= 11 is 0. The normalized spacial score (nSPS) is 14.2. The SMILES string of the molecule is CC(C)CN(CCNC(C)C(C)C)CCN(C)C. The van der Waals surface area contributed by atoms with Crippen LogP contribution in [0.3, 0.4) is 0 Å². The van der Waals surface area contributed by atoms with Crippen molar-refractivity contribution < 1.29 is 0 Å². The quantitative estimate of drug-likeness (QED) is 0.647. The van der Waals surface area contributed by atoms with Crippen LogP contribution in [0.2, 0.25) is 0 Å². The monoisotopic (exact) mass is 257 g/mol. The molecule has 0 amide bonds. The van der Waals surface area contributed by atoms with Gasteiger partial charge in [0.05, 0.1) is 0 Å². The van der Waals surface area contributed by atoms with Crippen molar-refractivity contribution in [3.63, 3.8) is 0 Å². The highest BCUT2D eigenvalue weighted by Crippen LogP contribution is 2.01. The molecule has 0 rings (SSSR count). The maximum atomic E-state index is 3.62. The molecule has 18 heavy (non-hydrogen) atoms. The Morgan fingerprint density at radius 3 is 1.94 bits per heavy atom. The van der Waals surface area contributed by atoms with E-state index in [0.717, 1.165) is 25.6 Å². The van der Waals surface area contributed by atoms with Crippen LogP contribution in [0.25, 0.3) is 0 Å². The Morgan fingerprint density at radius 1 is 0.889 bits per heavy atom. The van der Waals surface area contributed by atoms with Crippen molar-refractivity contribution in [1.82, 2.24) is 15.1 Å². The van der Waals surface area contributed by atoms with E-state index < -0.39 is 0 Å². The van der Waals surface area contributed by atoms with Crippen molar-refractivity contribution in [2.24, 2.45) is 11.8 Å².